The second-order valence-corrected chi connectivity index (χ2v) is 9.27. The van der Waals surface area contributed by atoms with Crippen molar-refractivity contribution in [2.75, 3.05) is 28.3 Å². The van der Waals surface area contributed by atoms with Gasteiger partial charge in [-0.2, -0.15) is 0 Å². The van der Waals surface area contributed by atoms with Crippen LogP contribution in [0.15, 0.2) is 23.8 Å². The van der Waals surface area contributed by atoms with Crippen molar-refractivity contribution in [1.82, 2.24) is 9.80 Å². The zero-order valence-corrected chi connectivity index (χ0v) is 18.9. The quantitative estimate of drug-likeness (QED) is 0.541. The SMILES string of the molecule is COc1cc(C2C3=CCC4C(=O)N(C)C(=O)C4C3CC3C(=O)N(C)C(=O)C32)cc(OC)c1O. The molecule has 6 atom stereocenters. The van der Waals surface area contributed by atoms with E-state index in [0.29, 0.717) is 18.4 Å². The highest BCUT2D eigenvalue weighted by Gasteiger charge is 2.61. The Hall–Kier alpha value is -3.36. The number of methoxy groups -OCH3 is 2. The summed E-state index contributed by atoms with van der Waals surface area (Å²) < 4.78 is 10.7. The Bertz CT molecular complexity index is 1100. The topological polar surface area (TPSA) is 113 Å². The number of hydrogen-bond acceptors (Lipinski definition) is 7. The fraction of sp³-hybridized carbons (Fsp3) is 0.500. The van der Waals surface area contributed by atoms with Gasteiger partial charge < -0.3 is 14.6 Å². The van der Waals surface area contributed by atoms with Crippen LogP contribution in [-0.2, 0) is 19.2 Å². The second kappa shape index (κ2) is 7.33. The Balaban J connectivity index is 1.69. The Morgan fingerprint density at radius 3 is 1.94 bits per heavy atom. The molecular weight excluding hydrogens is 428 g/mol. The van der Waals surface area contributed by atoms with Crippen molar-refractivity contribution in [2.24, 2.45) is 29.6 Å². The molecule has 1 N–H and O–H groups in total. The molecule has 1 aromatic rings. The predicted octanol–water partition coefficient (Wildman–Crippen LogP) is 1.30. The van der Waals surface area contributed by atoms with Crippen molar-refractivity contribution in [3.63, 3.8) is 0 Å². The molecule has 0 aromatic heterocycles. The third-order valence-electron chi connectivity index (χ3n) is 7.95. The summed E-state index contributed by atoms with van der Waals surface area (Å²) >= 11 is 0. The van der Waals surface area contributed by atoms with E-state index in [1.165, 1.54) is 38.1 Å². The van der Waals surface area contributed by atoms with Gasteiger partial charge in [0.1, 0.15) is 0 Å². The molecule has 174 valence electrons. The molecule has 33 heavy (non-hydrogen) atoms. The molecule has 3 fully saturated rings. The van der Waals surface area contributed by atoms with Gasteiger partial charge in [0.05, 0.1) is 37.9 Å². The van der Waals surface area contributed by atoms with E-state index >= 15 is 0 Å². The van der Waals surface area contributed by atoms with Crippen LogP contribution in [0.1, 0.15) is 24.3 Å². The third kappa shape index (κ3) is 2.77. The van der Waals surface area contributed by atoms with Crippen molar-refractivity contribution >= 4 is 23.6 Å². The minimum absolute atomic E-state index is 0.158. The van der Waals surface area contributed by atoms with Gasteiger partial charge in [-0.1, -0.05) is 11.6 Å². The molecule has 4 aliphatic rings. The molecule has 9 heteroatoms. The van der Waals surface area contributed by atoms with Gasteiger partial charge in [-0.3, -0.25) is 29.0 Å². The summed E-state index contributed by atoms with van der Waals surface area (Å²) in [5, 5.41) is 10.4. The first-order valence-electron chi connectivity index (χ1n) is 11.0. The van der Waals surface area contributed by atoms with Gasteiger partial charge in [-0.15, -0.1) is 0 Å². The van der Waals surface area contributed by atoms with Gasteiger partial charge in [0.15, 0.2) is 11.5 Å². The summed E-state index contributed by atoms with van der Waals surface area (Å²) in [6, 6.07) is 3.30. The maximum Gasteiger partial charge on any atom is 0.233 e. The summed E-state index contributed by atoms with van der Waals surface area (Å²) in [5.41, 5.74) is 1.55. The average Bonchev–Trinajstić information content (AvgIpc) is 3.17. The highest BCUT2D eigenvalue weighted by atomic mass is 16.5. The van der Waals surface area contributed by atoms with Crippen LogP contribution in [0.25, 0.3) is 0 Å². The first-order chi connectivity index (χ1) is 15.7. The standard InChI is InChI=1S/C24H26N2O7/c1-25-21(28)12-6-5-11-13(18(12)23(25)30)9-14-19(24(31)26(2)22(14)29)17(11)10-7-15(32-3)20(27)16(8-10)33-4/h5,7-8,12-14,17-19,27H,6,9H2,1-4H3. The van der Waals surface area contributed by atoms with Gasteiger partial charge in [-0.25, -0.2) is 0 Å². The average molecular weight is 454 g/mol. The molecule has 2 saturated heterocycles. The molecule has 1 aromatic carbocycles. The van der Waals surface area contributed by atoms with E-state index in [4.69, 9.17) is 9.47 Å². The van der Waals surface area contributed by atoms with Crippen LogP contribution in [0, 0.1) is 29.6 Å². The molecule has 0 radical (unpaired) electrons. The zero-order valence-electron chi connectivity index (χ0n) is 18.9. The van der Waals surface area contributed by atoms with Crippen molar-refractivity contribution in [3.05, 3.63) is 29.3 Å². The number of carbonyl (C=O) groups is 4. The van der Waals surface area contributed by atoms with Crippen molar-refractivity contribution in [3.8, 4) is 17.2 Å². The Morgan fingerprint density at radius 2 is 1.36 bits per heavy atom. The van der Waals surface area contributed by atoms with E-state index in [9.17, 15) is 24.3 Å². The van der Waals surface area contributed by atoms with E-state index < -0.39 is 29.6 Å². The summed E-state index contributed by atoms with van der Waals surface area (Å²) in [7, 11) is 5.83. The van der Waals surface area contributed by atoms with Crippen LogP contribution < -0.4 is 9.47 Å². The lowest BCUT2D eigenvalue weighted by atomic mass is 9.57. The van der Waals surface area contributed by atoms with E-state index in [1.807, 2.05) is 6.08 Å². The van der Waals surface area contributed by atoms with Crippen LogP contribution in [-0.4, -0.2) is 66.9 Å². The smallest absolute Gasteiger partial charge is 0.233 e. The Morgan fingerprint density at radius 1 is 0.818 bits per heavy atom. The number of ether oxygens (including phenoxy) is 2. The number of likely N-dealkylation sites (tertiary alicyclic amines) is 2. The van der Waals surface area contributed by atoms with Crippen LogP contribution in [0.2, 0.25) is 0 Å². The van der Waals surface area contributed by atoms with Gasteiger partial charge in [0.25, 0.3) is 0 Å². The molecule has 4 amide bonds. The molecular formula is C24H26N2O7. The summed E-state index contributed by atoms with van der Waals surface area (Å²) in [4.78, 5) is 54.3. The van der Waals surface area contributed by atoms with Crippen LogP contribution in [0.3, 0.4) is 0 Å². The summed E-state index contributed by atoms with van der Waals surface area (Å²) in [5.74, 6) is -3.78. The molecule has 0 bridgehead atoms. The molecule has 2 aliphatic carbocycles. The lowest BCUT2D eigenvalue weighted by molar-refractivity contribution is -0.140. The fourth-order valence-corrected chi connectivity index (χ4v) is 6.37. The molecule has 1 saturated carbocycles. The molecule has 9 nitrogen and oxygen atoms in total. The van der Waals surface area contributed by atoms with Crippen LogP contribution >= 0.6 is 0 Å². The van der Waals surface area contributed by atoms with Crippen LogP contribution in [0.5, 0.6) is 17.2 Å². The number of phenolic OH excluding ortho intramolecular Hbond substituents is 1. The number of nitrogens with zero attached hydrogens (tertiary/aromatic N) is 2. The number of benzene rings is 1. The van der Waals surface area contributed by atoms with Crippen molar-refractivity contribution < 1.29 is 33.8 Å². The highest BCUT2D eigenvalue weighted by molar-refractivity contribution is 6.07. The molecule has 2 aliphatic heterocycles. The van der Waals surface area contributed by atoms with Gasteiger partial charge >= 0.3 is 0 Å². The number of rotatable bonds is 3. The fourth-order valence-electron chi connectivity index (χ4n) is 6.37. The molecule has 6 unspecified atom stereocenters. The summed E-state index contributed by atoms with van der Waals surface area (Å²) in [6.07, 6.45) is 2.73. The maximum atomic E-state index is 13.2. The van der Waals surface area contributed by atoms with E-state index in [2.05, 4.69) is 0 Å². The number of amides is 4. The van der Waals surface area contributed by atoms with Gasteiger partial charge in [0.2, 0.25) is 29.4 Å². The molecule has 5 rings (SSSR count). The molecule has 0 spiro atoms. The van der Waals surface area contributed by atoms with Crippen molar-refractivity contribution in [2.45, 2.75) is 18.8 Å². The first-order valence-corrected chi connectivity index (χ1v) is 11.0. The highest BCUT2D eigenvalue weighted by Crippen LogP contribution is 2.58. The monoisotopic (exact) mass is 454 g/mol. The number of allylic oxidation sites excluding steroid dienone is 2. The largest absolute Gasteiger partial charge is 0.502 e. The lowest BCUT2D eigenvalue weighted by Crippen LogP contribution is -2.42. The normalized spacial score (nSPS) is 33.0. The number of fused-ring (bicyclic) bond motifs is 4. The zero-order chi connectivity index (χ0) is 23.8. The first kappa shape index (κ1) is 21.5. The number of phenols is 1. The van der Waals surface area contributed by atoms with Gasteiger partial charge in [-0.05, 0) is 36.5 Å². The minimum atomic E-state index is -0.634. The van der Waals surface area contributed by atoms with Crippen molar-refractivity contribution in [1.29, 1.82) is 0 Å². The third-order valence-corrected chi connectivity index (χ3v) is 7.95. The predicted molar refractivity (Wildman–Crippen MR) is 114 cm³/mol. The second-order valence-electron chi connectivity index (χ2n) is 9.27. The van der Waals surface area contributed by atoms with Gasteiger partial charge in [0, 0.05) is 20.0 Å². The maximum absolute atomic E-state index is 13.2. The minimum Gasteiger partial charge on any atom is -0.502 e. The number of imide groups is 2. The van der Waals surface area contributed by atoms with Crippen LogP contribution in [0.4, 0.5) is 0 Å². The molecule has 2 heterocycles. The lowest BCUT2D eigenvalue weighted by Gasteiger charge is -2.44. The number of carbonyl (C=O) groups excluding carboxylic acids is 4. The van der Waals surface area contributed by atoms with E-state index in [-0.39, 0.29) is 46.8 Å². The number of hydrogen-bond donors (Lipinski definition) is 1. The Kier molecular flexibility index (Phi) is 4.77. The van der Waals surface area contributed by atoms with E-state index in [1.54, 1.807) is 12.1 Å². The summed E-state index contributed by atoms with van der Waals surface area (Å²) in [6.45, 7) is 0. The Labute approximate surface area is 190 Å². The van der Waals surface area contributed by atoms with E-state index in [0.717, 1.165) is 5.57 Å². The number of aromatic hydroxyl groups is 1.